The second kappa shape index (κ2) is 8.67. The second-order valence-electron chi connectivity index (χ2n) is 6.68. The first-order chi connectivity index (χ1) is 13.0. The summed E-state index contributed by atoms with van der Waals surface area (Å²) in [6, 6.07) is 7.78. The standard InChI is InChI=1S/C19H26N4O3S/c1-4-26-18(24)15-9-11-22(12-10-15)13-23-19(27)21(2)17(20-23)14-5-7-16(25-3)8-6-14/h5-8,15H,4,9-13H2,1-3H3. The van der Waals surface area contributed by atoms with Gasteiger partial charge in [0.2, 0.25) is 0 Å². The van der Waals surface area contributed by atoms with Crippen molar-refractivity contribution >= 4 is 18.2 Å². The average molecular weight is 391 g/mol. The molecule has 7 nitrogen and oxygen atoms in total. The van der Waals surface area contributed by atoms with Gasteiger partial charge in [-0.05, 0) is 56.2 Å². The topological polar surface area (TPSA) is 61.5 Å². The van der Waals surface area contributed by atoms with Crippen molar-refractivity contribution in [3.05, 3.63) is 29.0 Å². The molecule has 1 aromatic heterocycles. The molecule has 1 aromatic carbocycles. The van der Waals surface area contributed by atoms with E-state index >= 15 is 0 Å². The molecule has 0 bridgehead atoms. The van der Waals surface area contributed by atoms with Gasteiger partial charge in [-0.3, -0.25) is 9.69 Å². The van der Waals surface area contributed by atoms with E-state index in [9.17, 15) is 4.79 Å². The number of nitrogens with zero attached hydrogens (tertiary/aromatic N) is 4. The van der Waals surface area contributed by atoms with E-state index in [2.05, 4.69) is 4.90 Å². The van der Waals surface area contributed by atoms with Gasteiger partial charge in [-0.15, -0.1) is 0 Å². The van der Waals surface area contributed by atoms with Crippen molar-refractivity contribution in [2.75, 3.05) is 26.8 Å². The van der Waals surface area contributed by atoms with Crippen molar-refractivity contribution < 1.29 is 14.3 Å². The second-order valence-corrected chi connectivity index (χ2v) is 7.04. The smallest absolute Gasteiger partial charge is 0.309 e. The van der Waals surface area contributed by atoms with Crippen molar-refractivity contribution in [3.8, 4) is 17.1 Å². The van der Waals surface area contributed by atoms with Gasteiger partial charge in [-0.1, -0.05) is 0 Å². The molecule has 0 N–H and O–H groups in total. The van der Waals surface area contributed by atoms with Crippen molar-refractivity contribution in [3.63, 3.8) is 0 Å². The summed E-state index contributed by atoms with van der Waals surface area (Å²) in [5.74, 6) is 1.56. The van der Waals surface area contributed by atoms with E-state index in [1.54, 1.807) is 7.11 Å². The Balaban J connectivity index is 1.68. The van der Waals surface area contributed by atoms with E-state index < -0.39 is 0 Å². The number of benzene rings is 1. The Morgan fingerprint density at radius 3 is 2.52 bits per heavy atom. The lowest BCUT2D eigenvalue weighted by Gasteiger charge is -2.30. The third-order valence-electron chi connectivity index (χ3n) is 4.93. The van der Waals surface area contributed by atoms with E-state index in [4.69, 9.17) is 26.8 Å². The zero-order valence-corrected chi connectivity index (χ0v) is 16.9. The number of carbonyl (C=O) groups excluding carboxylic acids is 1. The van der Waals surface area contributed by atoms with Crippen LogP contribution in [0.1, 0.15) is 19.8 Å². The molecule has 146 valence electrons. The fraction of sp³-hybridized carbons (Fsp3) is 0.526. The summed E-state index contributed by atoms with van der Waals surface area (Å²) in [6.45, 7) is 4.57. The van der Waals surface area contributed by atoms with Gasteiger partial charge in [-0.25, -0.2) is 4.68 Å². The van der Waals surface area contributed by atoms with Crippen molar-refractivity contribution in [1.29, 1.82) is 0 Å². The van der Waals surface area contributed by atoms with Crippen LogP contribution in [0.25, 0.3) is 11.4 Å². The van der Waals surface area contributed by atoms with Gasteiger partial charge in [0.25, 0.3) is 0 Å². The Labute approximate surface area is 164 Å². The molecular weight excluding hydrogens is 364 g/mol. The quantitative estimate of drug-likeness (QED) is 0.558. The van der Waals surface area contributed by atoms with E-state index in [-0.39, 0.29) is 11.9 Å². The summed E-state index contributed by atoms with van der Waals surface area (Å²) in [5, 5.41) is 4.71. The number of likely N-dealkylation sites (tertiary alicyclic amines) is 1. The molecule has 0 atom stereocenters. The average Bonchev–Trinajstić information content (AvgIpc) is 2.97. The molecular formula is C19H26N4O3S. The van der Waals surface area contributed by atoms with Gasteiger partial charge in [0.15, 0.2) is 10.6 Å². The van der Waals surface area contributed by atoms with Crippen LogP contribution in [0, 0.1) is 10.7 Å². The van der Waals surface area contributed by atoms with E-state index in [0.717, 1.165) is 43.1 Å². The van der Waals surface area contributed by atoms with Crippen LogP contribution in [0.15, 0.2) is 24.3 Å². The van der Waals surface area contributed by atoms with Gasteiger partial charge >= 0.3 is 5.97 Å². The summed E-state index contributed by atoms with van der Waals surface area (Å²) in [4.78, 5) is 14.2. The molecule has 0 amide bonds. The zero-order valence-electron chi connectivity index (χ0n) is 16.1. The van der Waals surface area contributed by atoms with E-state index in [0.29, 0.717) is 18.0 Å². The first-order valence-corrected chi connectivity index (χ1v) is 9.61. The SMILES string of the molecule is CCOC(=O)C1CCN(Cn2nc(-c3ccc(OC)cc3)n(C)c2=S)CC1. The van der Waals surface area contributed by atoms with Gasteiger partial charge in [0, 0.05) is 25.7 Å². The molecule has 0 radical (unpaired) electrons. The van der Waals surface area contributed by atoms with Crippen LogP contribution in [0.4, 0.5) is 0 Å². The van der Waals surface area contributed by atoms with Crippen LogP contribution in [0.5, 0.6) is 5.75 Å². The van der Waals surface area contributed by atoms with Crippen LogP contribution in [0.2, 0.25) is 0 Å². The minimum Gasteiger partial charge on any atom is -0.497 e. The molecule has 2 heterocycles. The Hall–Kier alpha value is -2.19. The normalized spacial score (nSPS) is 15.7. The number of hydrogen-bond donors (Lipinski definition) is 0. The maximum atomic E-state index is 11.9. The van der Waals surface area contributed by atoms with E-state index in [1.807, 2.05) is 47.5 Å². The summed E-state index contributed by atoms with van der Waals surface area (Å²) < 4.78 is 14.8. The lowest BCUT2D eigenvalue weighted by Crippen LogP contribution is -2.38. The fourth-order valence-corrected chi connectivity index (χ4v) is 3.52. The van der Waals surface area contributed by atoms with Crippen LogP contribution in [-0.2, 0) is 23.2 Å². The third kappa shape index (κ3) is 4.39. The maximum absolute atomic E-state index is 11.9. The van der Waals surface area contributed by atoms with Crippen molar-refractivity contribution in [1.82, 2.24) is 19.2 Å². The Morgan fingerprint density at radius 2 is 1.93 bits per heavy atom. The van der Waals surface area contributed by atoms with Crippen LogP contribution < -0.4 is 4.74 Å². The third-order valence-corrected chi connectivity index (χ3v) is 5.42. The number of rotatable bonds is 6. The zero-order chi connectivity index (χ0) is 19.4. The minimum atomic E-state index is -0.0756. The molecule has 3 rings (SSSR count). The molecule has 0 aliphatic carbocycles. The summed E-state index contributed by atoms with van der Waals surface area (Å²) in [7, 11) is 3.58. The highest BCUT2D eigenvalue weighted by molar-refractivity contribution is 7.71. The minimum absolute atomic E-state index is 0.00719. The first-order valence-electron chi connectivity index (χ1n) is 9.20. The van der Waals surface area contributed by atoms with Crippen LogP contribution in [0.3, 0.4) is 0 Å². The van der Waals surface area contributed by atoms with Gasteiger partial charge in [-0.2, -0.15) is 5.10 Å². The maximum Gasteiger partial charge on any atom is 0.309 e. The summed E-state index contributed by atoms with van der Waals surface area (Å²) in [5.41, 5.74) is 0.990. The lowest BCUT2D eigenvalue weighted by molar-refractivity contribution is -0.149. The molecule has 1 fully saturated rings. The summed E-state index contributed by atoms with van der Waals surface area (Å²) >= 11 is 5.57. The number of carbonyl (C=O) groups is 1. The van der Waals surface area contributed by atoms with Crippen LogP contribution >= 0.6 is 12.2 Å². The Morgan fingerprint density at radius 1 is 1.26 bits per heavy atom. The summed E-state index contributed by atoms with van der Waals surface area (Å²) in [6.07, 6.45) is 1.62. The molecule has 8 heteroatoms. The number of piperidine rings is 1. The molecule has 0 unspecified atom stereocenters. The first kappa shape index (κ1) is 19.6. The number of hydrogen-bond acceptors (Lipinski definition) is 6. The predicted molar refractivity (Wildman–Crippen MR) is 105 cm³/mol. The molecule has 27 heavy (non-hydrogen) atoms. The molecule has 0 saturated carbocycles. The number of aromatic nitrogens is 3. The van der Waals surface area contributed by atoms with Crippen molar-refractivity contribution in [2.24, 2.45) is 13.0 Å². The molecule has 2 aromatic rings. The molecule has 0 spiro atoms. The van der Waals surface area contributed by atoms with Gasteiger partial charge in [0.1, 0.15) is 5.75 Å². The molecule has 1 aliphatic rings. The lowest BCUT2D eigenvalue weighted by atomic mass is 9.97. The van der Waals surface area contributed by atoms with Gasteiger partial charge < -0.3 is 14.0 Å². The Bertz CT molecular complexity index is 836. The van der Waals surface area contributed by atoms with Gasteiger partial charge in [0.05, 0.1) is 26.3 Å². The largest absolute Gasteiger partial charge is 0.497 e. The predicted octanol–water partition coefficient (Wildman–Crippen LogP) is 2.86. The molecule has 1 saturated heterocycles. The fourth-order valence-electron chi connectivity index (χ4n) is 3.33. The van der Waals surface area contributed by atoms with E-state index in [1.165, 1.54) is 0 Å². The molecule has 1 aliphatic heterocycles. The monoisotopic (exact) mass is 390 g/mol. The van der Waals surface area contributed by atoms with Crippen molar-refractivity contribution in [2.45, 2.75) is 26.4 Å². The highest BCUT2D eigenvalue weighted by Crippen LogP contribution is 2.22. The Kier molecular flexibility index (Phi) is 6.28. The highest BCUT2D eigenvalue weighted by atomic mass is 32.1. The number of methoxy groups -OCH3 is 1. The number of ether oxygens (including phenoxy) is 2. The highest BCUT2D eigenvalue weighted by Gasteiger charge is 2.26. The number of esters is 1. The van der Waals surface area contributed by atoms with Crippen LogP contribution in [-0.4, -0.2) is 52.0 Å².